The van der Waals surface area contributed by atoms with Crippen molar-refractivity contribution in [2.45, 2.75) is 13.8 Å². The van der Waals surface area contributed by atoms with Gasteiger partial charge in [-0.15, -0.1) is 0 Å². The van der Waals surface area contributed by atoms with Crippen LogP contribution in [0.1, 0.15) is 24.2 Å². The van der Waals surface area contributed by atoms with E-state index < -0.39 is 0 Å². The minimum absolute atomic E-state index is 0.129. The Morgan fingerprint density at radius 1 is 1.09 bits per heavy atom. The van der Waals surface area contributed by atoms with Crippen molar-refractivity contribution < 1.29 is 4.79 Å². The van der Waals surface area contributed by atoms with Gasteiger partial charge in [0.2, 0.25) is 0 Å². The van der Waals surface area contributed by atoms with Crippen LogP contribution in [-0.2, 0) is 0 Å². The molecule has 4 nitrogen and oxygen atoms in total. The standard InChI is InChI=1S/C18H19N3OS/c1-3-21(4-2)14-11-9-13(10-12-14)17(22)20-18-19-15-7-5-6-8-16(15)23-18/h5-12H,3-4H2,1-2H3,(H,19,20,22). The van der Waals surface area contributed by atoms with E-state index in [1.165, 1.54) is 11.3 Å². The Morgan fingerprint density at radius 2 is 1.78 bits per heavy atom. The molecule has 0 bridgehead atoms. The van der Waals surface area contributed by atoms with Crippen molar-refractivity contribution >= 4 is 38.3 Å². The maximum Gasteiger partial charge on any atom is 0.257 e. The number of aromatic nitrogens is 1. The van der Waals surface area contributed by atoms with Gasteiger partial charge in [-0.2, -0.15) is 0 Å². The van der Waals surface area contributed by atoms with Gasteiger partial charge in [-0.25, -0.2) is 4.98 Å². The number of fused-ring (bicyclic) bond motifs is 1. The van der Waals surface area contributed by atoms with Gasteiger partial charge in [-0.3, -0.25) is 10.1 Å². The predicted molar refractivity (Wildman–Crippen MR) is 97.6 cm³/mol. The highest BCUT2D eigenvalue weighted by Gasteiger charge is 2.10. The molecule has 1 heterocycles. The molecule has 0 radical (unpaired) electrons. The largest absolute Gasteiger partial charge is 0.372 e. The molecule has 3 aromatic rings. The Kier molecular flexibility index (Phi) is 4.57. The van der Waals surface area contributed by atoms with Gasteiger partial charge in [0.1, 0.15) is 0 Å². The van der Waals surface area contributed by atoms with E-state index in [0.717, 1.165) is 29.0 Å². The molecule has 23 heavy (non-hydrogen) atoms. The number of hydrogen-bond acceptors (Lipinski definition) is 4. The van der Waals surface area contributed by atoms with Gasteiger partial charge in [-0.1, -0.05) is 23.5 Å². The third kappa shape index (κ3) is 3.35. The highest BCUT2D eigenvalue weighted by atomic mass is 32.1. The molecule has 5 heteroatoms. The number of nitrogens with one attached hydrogen (secondary N) is 1. The van der Waals surface area contributed by atoms with Gasteiger partial charge < -0.3 is 4.90 Å². The first-order chi connectivity index (χ1) is 11.2. The summed E-state index contributed by atoms with van der Waals surface area (Å²) < 4.78 is 1.07. The zero-order valence-electron chi connectivity index (χ0n) is 13.2. The Balaban J connectivity index is 1.75. The fourth-order valence-corrected chi connectivity index (χ4v) is 3.37. The van der Waals surface area contributed by atoms with E-state index in [2.05, 4.69) is 29.0 Å². The molecule has 0 unspecified atom stereocenters. The summed E-state index contributed by atoms with van der Waals surface area (Å²) in [6, 6.07) is 15.5. The number of para-hydroxylation sites is 1. The number of benzene rings is 2. The van der Waals surface area contributed by atoms with Gasteiger partial charge in [0, 0.05) is 24.3 Å². The zero-order chi connectivity index (χ0) is 16.2. The van der Waals surface area contributed by atoms with Crippen molar-refractivity contribution in [1.29, 1.82) is 0 Å². The van der Waals surface area contributed by atoms with Crippen LogP contribution in [0.5, 0.6) is 0 Å². The Labute approximate surface area is 139 Å². The maximum atomic E-state index is 12.4. The lowest BCUT2D eigenvalue weighted by molar-refractivity contribution is 0.102. The topological polar surface area (TPSA) is 45.2 Å². The summed E-state index contributed by atoms with van der Waals surface area (Å²) in [6.45, 7) is 6.15. The monoisotopic (exact) mass is 325 g/mol. The van der Waals surface area contributed by atoms with Crippen LogP contribution >= 0.6 is 11.3 Å². The highest BCUT2D eigenvalue weighted by molar-refractivity contribution is 7.22. The van der Waals surface area contributed by atoms with Gasteiger partial charge in [0.25, 0.3) is 5.91 Å². The molecule has 1 amide bonds. The summed E-state index contributed by atoms with van der Waals surface area (Å²) in [5, 5.41) is 3.51. The average Bonchev–Trinajstić information content (AvgIpc) is 2.98. The molecule has 1 aromatic heterocycles. The first-order valence-corrected chi connectivity index (χ1v) is 8.55. The van der Waals surface area contributed by atoms with Crippen molar-refractivity contribution in [3.05, 3.63) is 54.1 Å². The van der Waals surface area contributed by atoms with Crippen LogP contribution in [0.15, 0.2) is 48.5 Å². The summed E-state index contributed by atoms with van der Waals surface area (Å²) in [5.41, 5.74) is 2.68. The van der Waals surface area contributed by atoms with E-state index in [1.54, 1.807) is 0 Å². The molecule has 0 atom stereocenters. The maximum absolute atomic E-state index is 12.4. The van der Waals surface area contributed by atoms with Gasteiger partial charge >= 0.3 is 0 Å². The highest BCUT2D eigenvalue weighted by Crippen LogP contribution is 2.26. The molecule has 0 aliphatic rings. The van der Waals surface area contributed by atoms with Crippen LogP contribution in [-0.4, -0.2) is 24.0 Å². The lowest BCUT2D eigenvalue weighted by Gasteiger charge is -2.20. The molecule has 0 saturated carbocycles. The van der Waals surface area contributed by atoms with E-state index in [1.807, 2.05) is 48.5 Å². The Bertz CT molecular complexity index is 774. The Morgan fingerprint density at radius 3 is 2.43 bits per heavy atom. The molecule has 118 valence electrons. The van der Waals surface area contributed by atoms with Crippen LogP contribution in [0, 0.1) is 0 Å². The van der Waals surface area contributed by atoms with Crippen LogP contribution in [0.3, 0.4) is 0 Å². The molecule has 0 spiro atoms. The smallest absolute Gasteiger partial charge is 0.257 e. The second kappa shape index (κ2) is 6.79. The summed E-state index contributed by atoms with van der Waals surface area (Å²) in [4.78, 5) is 19.0. The van der Waals surface area contributed by atoms with Crippen LogP contribution in [0.4, 0.5) is 10.8 Å². The van der Waals surface area contributed by atoms with E-state index in [0.29, 0.717) is 10.7 Å². The van der Waals surface area contributed by atoms with E-state index in [9.17, 15) is 4.79 Å². The molecule has 0 fully saturated rings. The Hall–Kier alpha value is -2.40. The number of thiazole rings is 1. The quantitative estimate of drug-likeness (QED) is 0.756. The number of amides is 1. The number of carbonyl (C=O) groups excluding carboxylic acids is 1. The summed E-state index contributed by atoms with van der Waals surface area (Å²) in [6.07, 6.45) is 0. The molecule has 0 aliphatic heterocycles. The first-order valence-electron chi connectivity index (χ1n) is 7.73. The molecule has 1 N–H and O–H groups in total. The van der Waals surface area contributed by atoms with E-state index >= 15 is 0 Å². The zero-order valence-corrected chi connectivity index (χ0v) is 14.1. The lowest BCUT2D eigenvalue weighted by Crippen LogP contribution is -2.21. The second-order valence-electron chi connectivity index (χ2n) is 5.16. The predicted octanol–water partition coefficient (Wildman–Crippen LogP) is 4.39. The van der Waals surface area contributed by atoms with Gasteiger partial charge in [-0.05, 0) is 50.2 Å². The SMILES string of the molecule is CCN(CC)c1ccc(C(=O)Nc2nc3ccccc3s2)cc1. The summed E-state index contributed by atoms with van der Waals surface area (Å²) in [5.74, 6) is -0.129. The molecule has 0 saturated heterocycles. The third-order valence-corrected chi connectivity index (χ3v) is 4.72. The number of rotatable bonds is 5. The molecule has 3 rings (SSSR count). The fraction of sp³-hybridized carbons (Fsp3) is 0.222. The van der Waals surface area contributed by atoms with Crippen LogP contribution in [0.2, 0.25) is 0 Å². The van der Waals surface area contributed by atoms with E-state index in [-0.39, 0.29) is 5.91 Å². The normalized spacial score (nSPS) is 10.7. The molecule has 0 aliphatic carbocycles. The second-order valence-corrected chi connectivity index (χ2v) is 6.19. The molecular formula is C18H19N3OS. The summed E-state index contributed by atoms with van der Waals surface area (Å²) >= 11 is 1.48. The first kappa shape index (κ1) is 15.5. The van der Waals surface area contributed by atoms with Gasteiger partial charge in [0.15, 0.2) is 5.13 Å². The van der Waals surface area contributed by atoms with Crippen molar-refractivity contribution in [3.8, 4) is 0 Å². The minimum atomic E-state index is -0.129. The fourth-order valence-electron chi connectivity index (χ4n) is 2.51. The van der Waals surface area contributed by atoms with Crippen molar-refractivity contribution in [1.82, 2.24) is 4.98 Å². The average molecular weight is 325 g/mol. The molecule has 2 aromatic carbocycles. The molecular weight excluding hydrogens is 306 g/mol. The van der Waals surface area contributed by atoms with Gasteiger partial charge in [0.05, 0.1) is 10.2 Å². The number of hydrogen-bond donors (Lipinski definition) is 1. The third-order valence-electron chi connectivity index (χ3n) is 3.77. The lowest BCUT2D eigenvalue weighted by atomic mass is 10.2. The van der Waals surface area contributed by atoms with Crippen LogP contribution in [0.25, 0.3) is 10.2 Å². The van der Waals surface area contributed by atoms with E-state index in [4.69, 9.17) is 0 Å². The summed E-state index contributed by atoms with van der Waals surface area (Å²) in [7, 11) is 0. The number of anilines is 2. The minimum Gasteiger partial charge on any atom is -0.372 e. The number of nitrogens with zero attached hydrogens (tertiary/aromatic N) is 2. The van der Waals surface area contributed by atoms with Crippen molar-refractivity contribution in [3.63, 3.8) is 0 Å². The van der Waals surface area contributed by atoms with Crippen molar-refractivity contribution in [2.24, 2.45) is 0 Å². The van der Waals surface area contributed by atoms with Crippen molar-refractivity contribution in [2.75, 3.05) is 23.3 Å². The number of carbonyl (C=O) groups is 1. The van der Waals surface area contributed by atoms with Crippen LogP contribution < -0.4 is 10.2 Å².